The van der Waals surface area contributed by atoms with E-state index in [0.717, 1.165) is 22.5 Å². The van der Waals surface area contributed by atoms with Crippen LogP contribution in [-0.4, -0.2) is 245 Å². The third-order valence-corrected chi connectivity index (χ3v) is 17.0. The zero-order chi connectivity index (χ0) is 70.6. The number of methoxy groups -OCH3 is 2. The molecule has 0 bridgehead atoms. The van der Waals surface area contributed by atoms with E-state index in [2.05, 4.69) is 21.3 Å². The van der Waals surface area contributed by atoms with Crippen LogP contribution >= 0.6 is 0 Å². The normalized spacial score (nSPS) is 17.3. The number of aliphatic imine (C=N–C) groups is 2. The number of hydrogen-bond donors (Lipinski definition) is 4. The maximum atomic E-state index is 14.1. The minimum absolute atomic E-state index is 0.0347. The number of carbonyl (C=O) groups is 7. The van der Waals surface area contributed by atoms with Crippen LogP contribution < -0.4 is 40.2 Å². The second-order valence-electron chi connectivity index (χ2n) is 24.7. The molecule has 5 aliphatic heterocycles. The van der Waals surface area contributed by atoms with Crippen LogP contribution in [0.4, 0.5) is 17.1 Å². The van der Waals surface area contributed by atoms with E-state index in [0.29, 0.717) is 195 Å². The molecule has 100 heavy (non-hydrogen) atoms. The van der Waals surface area contributed by atoms with E-state index in [1.807, 2.05) is 44.6 Å². The van der Waals surface area contributed by atoms with Crippen molar-refractivity contribution >= 4 is 76.4 Å². The summed E-state index contributed by atoms with van der Waals surface area (Å²) < 4.78 is 68.0. The fraction of sp³-hybridized carbons (Fsp3) is 0.542. The first-order valence-corrected chi connectivity index (χ1v) is 34.4. The number of anilines is 1. The summed E-state index contributed by atoms with van der Waals surface area (Å²) in [4.78, 5) is 103. The van der Waals surface area contributed by atoms with Crippen LogP contribution in [0.1, 0.15) is 92.0 Å². The summed E-state index contributed by atoms with van der Waals surface area (Å²) in [6.07, 6.45) is 14.7. The summed E-state index contributed by atoms with van der Waals surface area (Å²) in [7, 11) is 3.06. The van der Waals surface area contributed by atoms with Gasteiger partial charge in [-0.2, -0.15) is 0 Å². The van der Waals surface area contributed by atoms with Gasteiger partial charge in [0, 0.05) is 93.8 Å². The number of amides is 7. The van der Waals surface area contributed by atoms with Crippen LogP contribution in [0.5, 0.6) is 23.0 Å². The van der Waals surface area contributed by atoms with Crippen molar-refractivity contribution in [1.29, 1.82) is 0 Å². The quantitative estimate of drug-likeness (QED) is 0.0386. The maximum Gasteiger partial charge on any atom is 0.260 e. The molecular weight excluding hydrogens is 1290 g/mol. The lowest BCUT2D eigenvalue weighted by atomic mass is 10.0. The van der Waals surface area contributed by atoms with Crippen molar-refractivity contribution in [2.24, 2.45) is 21.8 Å². The number of carbonyl (C=O) groups excluding carboxylic acids is 7. The van der Waals surface area contributed by atoms with Crippen molar-refractivity contribution in [2.75, 3.05) is 158 Å². The van der Waals surface area contributed by atoms with E-state index in [4.69, 9.17) is 66.8 Å². The smallest absolute Gasteiger partial charge is 0.260 e. The molecule has 28 heteroatoms. The Balaban J connectivity index is 0.563. The Bertz CT molecular complexity index is 3410. The van der Waals surface area contributed by atoms with Gasteiger partial charge in [0.05, 0.1) is 167 Å². The van der Waals surface area contributed by atoms with E-state index in [1.165, 1.54) is 37.7 Å². The summed E-state index contributed by atoms with van der Waals surface area (Å²) in [5.74, 6) is 0.194. The molecule has 1 fully saturated rings. The van der Waals surface area contributed by atoms with E-state index in [9.17, 15) is 33.6 Å². The molecule has 6 aliphatic rings. The Kier molecular flexibility index (Phi) is 29.9. The standard InChI is InChI=1S/C72H95N9O19/c1-48(2)68(74-17-6-20-91-24-26-93-28-30-95-32-34-97-36-37-98-35-33-96-31-29-94-27-25-92-23-18-73-65(82)16-19-79-66(83)14-15-67(79)84)70(86)77-49(3)69(85)78-54-12-10-51(11-13-54)53-39-56-45-76-60-43-64(62(90-5)41-58(60)72(88)81(56)47-53)100-22-7-21-99-63-42-59-57(40-61(63)89-4)71(87)80-46-52(50-8-9-50)38-55(80)44-75-59/h10-15,40-50,55-56,68,74H,6-9,16-39H2,1-5H3,(H,73,82)(H,77,86)(H,78,85). The summed E-state index contributed by atoms with van der Waals surface area (Å²) in [5.41, 5.74) is 5.50. The van der Waals surface area contributed by atoms with Crippen molar-refractivity contribution in [3.8, 4) is 23.0 Å². The van der Waals surface area contributed by atoms with Gasteiger partial charge < -0.3 is 87.9 Å². The molecule has 1 saturated carbocycles. The van der Waals surface area contributed by atoms with Crippen molar-refractivity contribution in [3.05, 3.63) is 95.3 Å². The van der Waals surface area contributed by atoms with E-state index < -0.39 is 23.9 Å². The number of nitrogens with zero attached hydrogens (tertiary/aromatic N) is 5. The lowest BCUT2D eigenvalue weighted by Crippen LogP contribution is -2.52. The third-order valence-electron chi connectivity index (χ3n) is 17.0. The van der Waals surface area contributed by atoms with Crippen LogP contribution in [-0.2, 0) is 61.9 Å². The lowest BCUT2D eigenvalue weighted by molar-refractivity contribution is -0.137. The Morgan fingerprint density at radius 1 is 0.550 bits per heavy atom. The summed E-state index contributed by atoms with van der Waals surface area (Å²) in [5, 5.41) is 11.8. The molecule has 3 aromatic carbocycles. The molecule has 7 amide bonds. The molecule has 28 nitrogen and oxygen atoms in total. The fourth-order valence-corrected chi connectivity index (χ4v) is 11.4. The Hall–Kier alpha value is -8.45. The molecular formula is C72H95N9O19. The van der Waals surface area contributed by atoms with E-state index in [1.54, 1.807) is 66.4 Å². The van der Waals surface area contributed by atoms with Gasteiger partial charge in [-0.25, -0.2) is 0 Å². The number of nitrogens with one attached hydrogen (secondary N) is 4. The van der Waals surface area contributed by atoms with E-state index >= 15 is 0 Å². The maximum absolute atomic E-state index is 14.1. The first-order chi connectivity index (χ1) is 48.7. The topological polar surface area (TPSA) is 313 Å². The molecule has 0 radical (unpaired) electrons. The number of rotatable bonds is 47. The van der Waals surface area contributed by atoms with Gasteiger partial charge in [0.15, 0.2) is 23.0 Å². The molecule has 1 aliphatic carbocycles. The average molecular weight is 1390 g/mol. The number of hydrogen-bond acceptors (Lipinski definition) is 22. The third kappa shape index (κ3) is 22.5. The van der Waals surface area contributed by atoms with Gasteiger partial charge >= 0.3 is 0 Å². The van der Waals surface area contributed by atoms with Crippen LogP contribution in [0, 0.1) is 11.8 Å². The van der Waals surface area contributed by atoms with Gasteiger partial charge in [0.25, 0.3) is 23.6 Å². The van der Waals surface area contributed by atoms with Gasteiger partial charge in [-0.05, 0) is 92.0 Å². The predicted octanol–water partition coefficient (Wildman–Crippen LogP) is 5.76. The fourth-order valence-electron chi connectivity index (χ4n) is 11.4. The first kappa shape index (κ1) is 75.7. The molecule has 4 unspecified atom stereocenters. The van der Waals surface area contributed by atoms with Crippen molar-refractivity contribution in [2.45, 2.75) is 89.9 Å². The molecule has 3 aromatic rings. The van der Waals surface area contributed by atoms with E-state index in [-0.39, 0.29) is 73.7 Å². The second-order valence-corrected chi connectivity index (χ2v) is 24.7. The molecule has 4 N–H and O–H groups in total. The number of benzene rings is 3. The predicted molar refractivity (Wildman–Crippen MR) is 370 cm³/mol. The summed E-state index contributed by atoms with van der Waals surface area (Å²) in [6, 6.07) is 12.4. The highest BCUT2D eigenvalue weighted by atomic mass is 16.6. The van der Waals surface area contributed by atoms with Gasteiger partial charge in [-0.1, -0.05) is 26.0 Å². The number of ether oxygens (including phenoxy) is 12. The lowest BCUT2D eigenvalue weighted by Gasteiger charge is -2.24. The van der Waals surface area contributed by atoms with Crippen LogP contribution in [0.25, 0.3) is 5.57 Å². The zero-order valence-electron chi connectivity index (χ0n) is 57.8. The van der Waals surface area contributed by atoms with Crippen molar-refractivity contribution in [1.82, 2.24) is 30.7 Å². The Morgan fingerprint density at radius 2 is 1.04 bits per heavy atom. The van der Waals surface area contributed by atoms with Crippen LogP contribution in [0.15, 0.2) is 88.6 Å². The van der Waals surface area contributed by atoms with Gasteiger partial charge in [0.1, 0.15) is 6.04 Å². The Labute approximate surface area is 583 Å². The first-order valence-electron chi connectivity index (χ1n) is 34.4. The highest BCUT2D eigenvalue weighted by molar-refractivity contribution is 6.13. The highest BCUT2D eigenvalue weighted by Crippen LogP contribution is 2.45. The number of imide groups is 1. The second kappa shape index (κ2) is 39.5. The van der Waals surface area contributed by atoms with Gasteiger partial charge in [0.2, 0.25) is 17.7 Å². The SMILES string of the molecule is COc1cc2c(cc1OCCCOc1cc3c(cc1OC)C(=O)N1C=C(C4CC4)CC1C=N3)N=CC1CC(c3ccc(NC(=O)C(C)NC(=O)C(NCCCOCCOCCOCCOCCOCCOCCOCCOCCNC(=O)CCN4C(=O)C=CC4=O)C(C)C)cc3)=CN1C2=O. The molecule has 9 rings (SSSR count). The highest BCUT2D eigenvalue weighted by Gasteiger charge is 2.39. The Morgan fingerprint density at radius 3 is 1.54 bits per heavy atom. The van der Waals surface area contributed by atoms with Crippen molar-refractivity contribution in [3.63, 3.8) is 0 Å². The zero-order valence-corrected chi connectivity index (χ0v) is 57.8. The molecule has 5 heterocycles. The summed E-state index contributed by atoms with van der Waals surface area (Å²) in [6.45, 7) is 13.6. The molecule has 0 saturated heterocycles. The molecule has 0 spiro atoms. The summed E-state index contributed by atoms with van der Waals surface area (Å²) >= 11 is 0. The minimum atomic E-state index is -0.818. The molecule has 542 valence electrons. The van der Waals surface area contributed by atoms with Gasteiger partial charge in [-0.15, -0.1) is 0 Å². The number of fused-ring (bicyclic) bond motifs is 4. The van der Waals surface area contributed by atoms with Crippen LogP contribution in [0.3, 0.4) is 0 Å². The monoisotopic (exact) mass is 1390 g/mol. The molecule has 4 atom stereocenters. The van der Waals surface area contributed by atoms with Crippen LogP contribution in [0.2, 0.25) is 0 Å². The van der Waals surface area contributed by atoms with Gasteiger partial charge in [-0.3, -0.25) is 48.4 Å². The average Bonchev–Trinajstić information content (AvgIpc) is 1.61. The minimum Gasteiger partial charge on any atom is -0.493 e. The largest absolute Gasteiger partial charge is 0.493 e. The van der Waals surface area contributed by atoms with Crippen molar-refractivity contribution < 1.29 is 90.4 Å². The molecule has 0 aromatic heterocycles.